The van der Waals surface area contributed by atoms with E-state index in [4.69, 9.17) is 37.3 Å². The standard InChI is InChI=1S/C18H28N2O.2ClHO4/c1-19(2)13-11-18(12-14-20(3)4)16-8-6-5-7-15(16)9-10-17(18)21;2*2-1(3,4)5/h5-8H,9-14H2,1-4H3;2*(H,2,3,4,5). The second-order valence-electron chi connectivity index (χ2n) is 7.56. The molecule has 1 aliphatic rings. The van der Waals surface area contributed by atoms with Crippen LogP contribution in [0.25, 0.3) is 0 Å². The maximum Gasteiger partial charge on any atom is 0.143 e. The largest absolute Gasteiger partial charge is 0.309 e. The topological polar surface area (TPSA) is 202 Å². The van der Waals surface area contributed by atoms with E-state index in [1.165, 1.54) is 11.1 Å². The van der Waals surface area contributed by atoms with Gasteiger partial charge in [0.1, 0.15) is 5.78 Å². The van der Waals surface area contributed by atoms with Crippen molar-refractivity contribution in [2.24, 2.45) is 0 Å². The lowest BCUT2D eigenvalue weighted by Gasteiger charge is -2.39. The predicted octanol–water partition coefficient (Wildman–Crippen LogP) is -5.90. The van der Waals surface area contributed by atoms with E-state index in [0.717, 1.165) is 32.4 Å². The molecule has 0 aromatic heterocycles. The second kappa shape index (κ2) is 12.9. The molecule has 13 heteroatoms. The van der Waals surface area contributed by atoms with Gasteiger partial charge in [-0.25, -0.2) is 0 Å². The number of carbonyl (C=O) groups excluding carboxylic acids is 1. The molecule has 31 heavy (non-hydrogen) atoms. The van der Waals surface area contributed by atoms with Gasteiger partial charge in [0.15, 0.2) is 0 Å². The van der Waals surface area contributed by atoms with Gasteiger partial charge in [-0.15, -0.1) is 0 Å². The zero-order valence-corrected chi connectivity index (χ0v) is 19.5. The number of fused-ring (bicyclic) bond motifs is 1. The Morgan fingerprint density at radius 1 is 0.839 bits per heavy atom. The zero-order valence-electron chi connectivity index (χ0n) is 18.0. The molecule has 180 valence electrons. The van der Waals surface area contributed by atoms with Crippen molar-refractivity contribution in [2.75, 3.05) is 41.3 Å². The molecule has 11 nitrogen and oxygen atoms in total. The zero-order chi connectivity index (χ0) is 24.5. The third-order valence-corrected chi connectivity index (χ3v) is 4.66. The van der Waals surface area contributed by atoms with Crippen LogP contribution in [0, 0.1) is 20.5 Å². The van der Waals surface area contributed by atoms with E-state index in [1.807, 2.05) is 0 Å². The van der Waals surface area contributed by atoms with Crippen molar-refractivity contribution < 1.29 is 62.6 Å². The summed E-state index contributed by atoms with van der Waals surface area (Å²) < 4.78 is 65.4. The van der Waals surface area contributed by atoms with Gasteiger partial charge in [0.2, 0.25) is 0 Å². The lowest BCUT2D eigenvalue weighted by atomic mass is 9.65. The molecule has 0 spiro atoms. The summed E-state index contributed by atoms with van der Waals surface area (Å²) in [6.07, 6.45) is 3.44. The van der Waals surface area contributed by atoms with Crippen LogP contribution in [0.1, 0.15) is 30.4 Å². The number of ketones is 1. The number of nitrogens with zero attached hydrogens (tertiary/aromatic N) is 2. The Morgan fingerprint density at radius 3 is 1.61 bits per heavy atom. The molecule has 2 rings (SSSR count). The highest BCUT2D eigenvalue weighted by atomic mass is 35.7. The molecular formula is C18H30Cl2N2O9. The second-order valence-corrected chi connectivity index (χ2v) is 9.14. The Labute approximate surface area is 186 Å². The molecule has 1 aliphatic carbocycles. The Hall–Kier alpha value is -0.930. The first-order valence-corrected chi connectivity index (χ1v) is 11.7. The molecular weight excluding hydrogens is 459 g/mol. The fourth-order valence-corrected chi connectivity index (χ4v) is 3.34. The van der Waals surface area contributed by atoms with E-state index < -0.39 is 20.5 Å². The van der Waals surface area contributed by atoms with Gasteiger partial charge in [-0.3, -0.25) is 4.79 Å². The van der Waals surface area contributed by atoms with Crippen LogP contribution in [0.3, 0.4) is 0 Å². The van der Waals surface area contributed by atoms with Crippen molar-refractivity contribution >= 4 is 5.78 Å². The summed E-state index contributed by atoms with van der Waals surface area (Å²) in [6, 6.07) is 8.55. The summed E-state index contributed by atoms with van der Waals surface area (Å²) in [6.45, 7) is 1.90. The monoisotopic (exact) mass is 488 g/mol. The van der Waals surface area contributed by atoms with Crippen LogP contribution in [-0.4, -0.2) is 66.2 Å². The van der Waals surface area contributed by atoms with Crippen molar-refractivity contribution in [3.63, 3.8) is 0 Å². The number of carbonyl (C=O) groups is 1. The highest BCUT2D eigenvalue weighted by Gasteiger charge is 2.42. The van der Waals surface area contributed by atoms with E-state index in [9.17, 15) is 4.79 Å². The highest BCUT2D eigenvalue weighted by Crippen LogP contribution is 2.40. The van der Waals surface area contributed by atoms with Crippen LogP contribution in [0.2, 0.25) is 0 Å². The first-order chi connectivity index (χ1) is 14.0. The van der Waals surface area contributed by atoms with Crippen LogP contribution < -0.4 is 28.0 Å². The molecule has 0 amide bonds. The van der Waals surface area contributed by atoms with Crippen LogP contribution in [-0.2, 0) is 16.6 Å². The van der Waals surface area contributed by atoms with Gasteiger partial charge in [-0.05, 0) is 71.7 Å². The van der Waals surface area contributed by atoms with E-state index in [2.05, 4.69) is 62.3 Å². The third kappa shape index (κ3) is 14.0. The third-order valence-electron chi connectivity index (χ3n) is 4.66. The Balaban J connectivity index is 0.000000752. The minimum Gasteiger partial charge on any atom is -0.309 e. The summed E-state index contributed by atoms with van der Waals surface area (Å²) in [4.78, 5) is 17.2. The maximum atomic E-state index is 12.9. The quantitative estimate of drug-likeness (QED) is 0.385. The van der Waals surface area contributed by atoms with Crippen molar-refractivity contribution in [3.8, 4) is 0 Å². The van der Waals surface area contributed by atoms with Gasteiger partial charge in [0.05, 0.1) is 35.2 Å². The van der Waals surface area contributed by atoms with E-state index in [1.54, 1.807) is 0 Å². The molecule has 0 heterocycles. The first-order valence-electron chi connectivity index (χ1n) is 9.13. The first kappa shape index (κ1) is 30.1. The molecule has 0 atom stereocenters. The molecule has 0 aliphatic heterocycles. The van der Waals surface area contributed by atoms with Crippen LogP contribution in [0.15, 0.2) is 24.3 Å². The maximum absolute atomic E-state index is 12.9. The summed E-state index contributed by atoms with van der Waals surface area (Å²) in [5.41, 5.74) is 2.36. The highest BCUT2D eigenvalue weighted by molar-refractivity contribution is 5.92. The lowest BCUT2D eigenvalue weighted by Crippen LogP contribution is -2.58. The SMILES string of the molecule is CN(C)CCC1(CCN(C)C)C(=O)CCc2ccccc21.[O-][Cl+3]([O-])([O-])O.[O-][Cl+3]([O-])([O-])O. The normalized spacial score (nSPS) is 15.6. The van der Waals surface area contributed by atoms with Gasteiger partial charge in [-0.2, -0.15) is 28.0 Å². The summed E-state index contributed by atoms with van der Waals surface area (Å²) in [5.74, 6) is 0.435. The Morgan fingerprint density at radius 2 is 1.23 bits per heavy atom. The number of hydrogen-bond donors (Lipinski definition) is 2. The number of rotatable bonds is 6. The fourth-order valence-electron chi connectivity index (χ4n) is 3.34. The number of Topliss-reactive ketones (excluding diaryl/α,β-unsaturated/α-hetero) is 1. The minimum atomic E-state index is -4.69. The van der Waals surface area contributed by atoms with Gasteiger partial charge in [-0.1, -0.05) is 24.3 Å². The average molecular weight is 489 g/mol. The molecule has 2 N–H and O–H groups in total. The van der Waals surface area contributed by atoms with Crippen molar-refractivity contribution in [1.29, 1.82) is 0 Å². The van der Waals surface area contributed by atoms with E-state index in [0.29, 0.717) is 12.2 Å². The van der Waals surface area contributed by atoms with Gasteiger partial charge >= 0.3 is 0 Å². The minimum absolute atomic E-state index is 0.288. The van der Waals surface area contributed by atoms with Gasteiger partial charge < -0.3 is 9.80 Å². The van der Waals surface area contributed by atoms with Crippen LogP contribution >= 0.6 is 0 Å². The van der Waals surface area contributed by atoms with E-state index >= 15 is 0 Å². The molecule has 1 aromatic rings. The number of halogens is 2. The molecule has 0 radical (unpaired) electrons. The van der Waals surface area contributed by atoms with Gasteiger partial charge in [0.25, 0.3) is 0 Å². The predicted molar refractivity (Wildman–Crippen MR) is 92.2 cm³/mol. The van der Waals surface area contributed by atoms with E-state index in [-0.39, 0.29) is 5.41 Å². The summed E-state index contributed by atoms with van der Waals surface area (Å²) in [5, 5.41) is 0. The number of benzene rings is 1. The smallest absolute Gasteiger partial charge is 0.143 e. The Bertz CT molecular complexity index is 641. The molecule has 0 saturated carbocycles. The van der Waals surface area contributed by atoms with Crippen LogP contribution in [0.5, 0.6) is 0 Å². The number of hydrogen-bond acceptors (Lipinski definition) is 11. The summed E-state index contributed by atoms with van der Waals surface area (Å²) >= 11 is 0. The molecule has 1 aromatic carbocycles. The molecule has 0 fully saturated rings. The lowest BCUT2D eigenvalue weighted by molar-refractivity contribution is -1.92. The van der Waals surface area contributed by atoms with Crippen molar-refractivity contribution in [3.05, 3.63) is 35.4 Å². The van der Waals surface area contributed by atoms with Crippen LogP contribution in [0.4, 0.5) is 0 Å². The van der Waals surface area contributed by atoms with Crippen molar-refractivity contribution in [2.45, 2.75) is 31.1 Å². The average Bonchev–Trinajstić information content (AvgIpc) is 2.57. The fraction of sp³-hybridized carbons (Fsp3) is 0.611. The Kier molecular flexibility index (Phi) is 12.6. The molecule has 0 saturated heterocycles. The summed E-state index contributed by atoms with van der Waals surface area (Å²) in [7, 11) is -1.06. The van der Waals surface area contributed by atoms with Gasteiger partial charge in [0, 0.05) is 6.42 Å². The molecule has 0 unspecified atom stereocenters. The number of aryl methyl sites for hydroxylation is 1. The van der Waals surface area contributed by atoms with Crippen molar-refractivity contribution in [1.82, 2.24) is 9.80 Å². The molecule has 0 bridgehead atoms.